The summed E-state index contributed by atoms with van der Waals surface area (Å²) < 4.78 is 12.5. The lowest BCUT2D eigenvalue weighted by atomic mass is 9.99. The van der Waals surface area contributed by atoms with Crippen molar-refractivity contribution in [2.75, 3.05) is 14.2 Å². The van der Waals surface area contributed by atoms with E-state index < -0.39 is 11.6 Å². The molecule has 0 aliphatic rings. The van der Waals surface area contributed by atoms with Crippen molar-refractivity contribution in [1.82, 2.24) is 9.78 Å². The Morgan fingerprint density at radius 2 is 1.86 bits per heavy atom. The summed E-state index contributed by atoms with van der Waals surface area (Å²) in [4.78, 5) is 11.6. The summed E-state index contributed by atoms with van der Waals surface area (Å²) in [7, 11) is 3.03. The van der Waals surface area contributed by atoms with Crippen molar-refractivity contribution < 1.29 is 19.4 Å². The molecule has 1 unspecified atom stereocenters. The highest BCUT2D eigenvalue weighted by Crippen LogP contribution is 2.27. The van der Waals surface area contributed by atoms with Crippen LogP contribution in [0.3, 0.4) is 0 Å². The van der Waals surface area contributed by atoms with Crippen LogP contribution in [0, 0.1) is 0 Å². The average Bonchev–Trinajstić information content (AvgIpc) is 3.10. The fraction of sp³-hybridized carbons (Fsp3) is 0.273. The molecule has 28 heavy (non-hydrogen) atoms. The quantitative estimate of drug-likeness (QED) is 0.646. The van der Waals surface area contributed by atoms with Gasteiger partial charge in [0.05, 0.1) is 25.0 Å². The van der Waals surface area contributed by atoms with Gasteiger partial charge in [-0.1, -0.05) is 42.5 Å². The van der Waals surface area contributed by atoms with Crippen molar-refractivity contribution in [2.24, 2.45) is 0 Å². The molecule has 3 aromatic rings. The van der Waals surface area contributed by atoms with Gasteiger partial charge in [0.2, 0.25) is 0 Å². The normalized spacial score (nSPS) is 13.1. The topological polar surface area (TPSA) is 73.6 Å². The fourth-order valence-corrected chi connectivity index (χ4v) is 3.03. The monoisotopic (exact) mass is 380 g/mol. The molecule has 0 amide bonds. The van der Waals surface area contributed by atoms with Crippen LogP contribution in [-0.2, 0) is 22.5 Å². The first-order chi connectivity index (χ1) is 13.4. The number of rotatable bonds is 8. The van der Waals surface area contributed by atoms with Crippen molar-refractivity contribution in [2.45, 2.75) is 25.5 Å². The maximum absolute atomic E-state index is 11.6. The minimum atomic E-state index is -1.34. The molecule has 6 heteroatoms. The summed E-state index contributed by atoms with van der Waals surface area (Å²) in [6.45, 7) is 2.13. The van der Waals surface area contributed by atoms with Crippen LogP contribution in [0.25, 0.3) is 11.3 Å². The van der Waals surface area contributed by atoms with E-state index >= 15 is 0 Å². The molecule has 0 saturated heterocycles. The number of ether oxygens (including phenoxy) is 2. The molecule has 0 spiro atoms. The summed E-state index contributed by atoms with van der Waals surface area (Å²) in [5.74, 6) is -0.269. The van der Waals surface area contributed by atoms with Crippen LogP contribution in [0.5, 0.6) is 5.75 Å². The van der Waals surface area contributed by atoms with Crippen LogP contribution in [0.4, 0.5) is 0 Å². The highest BCUT2D eigenvalue weighted by Gasteiger charge is 2.34. The van der Waals surface area contributed by atoms with Gasteiger partial charge in [-0.2, -0.15) is 5.10 Å². The van der Waals surface area contributed by atoms with E-state index in [4.69, 9.17) is 9.47 Å². The van der Waals surface area contributed by atoms with E-state index in [-0.39, 0.29) is 6.42 Å². The number of aromatic nitrogens is 2. The molecule has 0 bridgehead atoms. The summed E-state index contributed by atoms with van der Waals surface area (Å²) >= 11 is 0. The standard InChI is InChI=1S/C22H24N2O4/c1-22(28-3,21(25)26)14-18-13-20(17-10-7-11-19(12-17)27-2)24(23-18)15-16-8-5-4-6-9-16/h4-13H,14-15H2,1-3H3,(H,25,26). The van der Waals surface area contributed by atoms with E-state index in [0.717, 1.165) is 22.6 Å². The molecular weight excluding hydrogens is 356 g/mol. The molecule has 0 radical (unpaired) electrons. The molecule has 1 N–H and O–H groups in total. The molecule has 0 aliphatic heterocycles. The van der Waals surface area contributed by atoms with Crippen LogP contribution in [0.1, 0.15) is 18.2 Å². The van der Waals surface area contributed by atoms with E-state index in [2.05, 4.69) is 5.10 Å². The minimum Gasteiger partial charge on any atom is -0.497 e. The Morgan fingerprint density at radius 3 is 2.50 bits per heavy atom. The van der Waals surface area contributed by atoms with Crippen molar-refractivity contribution in [3.8, 4) is 17.0 Å². The van der Waals surface area contributed by atoms with E-state index in [0.29, 0.717) is 12.2 Å². The lowest BCUT2D eigenvalue weighted by Gasteiger charge is -2.21. The molecule has 146 valence electrons. The third-order valence-electron chi connectivity index (χ3n) is 4.79. The van der Waals surface area contributed by atoms with Crippen LogP contribution >= 0.6 is 0 Å². The number of hydrogen-bond donors (Lipinski definition) is 1. The summed E-state index contributed by atoms with van der Waals surface area (Å²) in [5.41, 5.74) is 2.26. The molecule has 1 heterocycles. The van der Waals surface area contributed by atoms with Crippen LogP contribution in [0.15, 0.2) is 60.7 Å². The maximum Gasteiger partial charge on any atom is 0.336 e. The predicted octanol–water partition coefficient (Wildman–Crippen LogP) is 3.64. The van der Waals surface area contributed by atoms with E-state index in [1.165, 1.54) is 7.11 Å². The van der Waals surface area contributed by atoms with Gasteiger partial charge >= 0.3 is 5.97 Å². The van der Waals surface area contributed by atoms with Gasteiger partial charge in [-0.05, 0) is 30.7 Å². The van der Waals surface area contributed by atoms with Crippen molar-refractivity contribution in [1.29, 1.82) is 0 Å². The Morgan fingerprint density at radius 1 is 1.11 bits per heavy atom. The molecule has 1 atom stereocenters. The zero-order valence-corrected chi connectivity index (χ0v) is 16.3. The molecule has 6 nitrogen and oxygen atoms in total. The van der Waals surface area contributed by atoms with Crippen LogP contribution in [0.2, 0.25) is 0 Å². The van der Waals surface area contributed by atoms with Gasteiger partial charge in [0.15, 0.2) is 5.60 Å². The first-order valence-electron chi connectivity index (χ1n) is 8.99. The van der Waals surface area contributed by atoms with Crippen LogP contribution < -0.4 is 4.74 Å². The van der Waals surface area contributed by atoms with Crippen molar-refractivity contribution >= 4 is 5.97 Å². The first kappa shape index (κ1) is 19.6. The van der Waals surface area contributed by atoms with Crippen LogP contribution in [-0.4, -0.2) is 40.7 Å². The molecule has 0 fully saturated rings. The number of hydrogen-bond acceptors (Lipinski definition) is 4. The second-order valence-corrected chi connectivity index (χ2v) is 6.81. The third-order valence-corrected chi connectivity index (χ3v) is 4.79. The summed E-state index contributed by atoms with van der Waals surface area (Å²) in [6, 6.07) is 19.6. The van der Waals surface area contributed by atoms with Gasteiger partial charge in [-0.25, -0.2) is 4.79 Å². The zero-order valence-electron chi connectivity index (χ0n) is 16.3. The lowest BCUT2D eigenvalue weighted by Crippen LogP contribution is -2.39. The van der Waals surface area contributed by atoms with Gasteiger partial charge in [0, 0.05) is 19.1 Å². The molecule has 3 rings (SSSR count). The number of aliphatic carboxylic acids is 1. The second kappa shape index (κ2) is 8.27. The van der Waals surface area contributed by atoms with E-state index in [9.17, 15) is 9.90 Å². The number of carboxylic acid groups (broad SMARTS) is 1. The smallest absolute Gasteiger partial charge is 0.336 e. The van der Waals surface area contributed by atoms with E-state index in [1.807, 2.05) is 65.3 Å². The lowest BCUT2D eigenvalue weighted by molar-refractivity contribution is -0.160. The number of benzene rings is 2. The number of carbonyl (C=O) groups is 1. The van der Waals surface area contributed by atoms with Gasteiger partial charge in [-0.15, -0.1) is 0 Å². The Balaban J connectivity index is 2.02. The minimum absolute atomic E-state index is 0.164. The second-order valence-electron chi connectivity index (χ2n) is 6.81. The highest BCUT2D eigenvalue weighted by molar-refractivity contribution is 5.77. The van der Waals surface area contributed by atoms with Crippen molar-refractivity contribution in [3.63, 3.8) is 0 Å². The van der Waals surface area contributed by atoms with Crippen molar-refractivity contribution in [3.05, 3.63) is 71.9 Å². The molecule has 1 aromatic heterocycles. The Bertz CT molecular complexity index is 952. The highest BCUT2D eigenvalue weighted by atomic mass is 16.5. The van der Waals surface area contributed by atoms with E-state index in [1.54, 1.807) is 14.0 Å². The predicted molar refractivity (Wildman–Crippen MR) is 107 cm³/mol. The maximum atomic E-state index is 11.6. The van der Waals surface area contributed by atoms with Gasteiger partial charge in [-0.3, -0.25) is 4.68 Å². The largest absolute Gasteiger partial charge is 0.497 e. The average molecular weight is 380 g/mol. The number of methoxy groups -OCH3 is 2. The third kappa shape index (κ3) is 4.23. The van der Waals surface area contributed by atoms with Gasteiger partial charge in [0.1, 0.15) is 5.75 Å². The Kier molecular flexibility index (Phi) is 5.80. The fourth-order valence-electron chi connectivity index (χ4n) is 3.03. The summed E-state index contributed by atoms with van der Waals surface area (Å²) in [5, 5.41) is 14.2. The Hall–Kier alpha value is -3.12. The Labute approximate surface area is 164 Å². The summed E-state index contributed by atoms with van der Waals surface area (Å²) in [6.07, 6.45) is 0.164. The molecule has 0 saturated carbocycles. The van der Waals surface area contributed by atoms with Gasteiger partial charge in [0.25, 0.3) is 0 Å². The van der Waals surface area contributed by atoms with Gasteiger partial charge < -0.3 is 14.6 Å². The zero-order chi connectivity index (χ0) is 20.1. The first-order valence-corrected chi connectivity index (χ1v) is 8.99. The molecular formula is C22H24N2O4. The SMILES string of the molecule is COc1cccc(-c2cc(CC(C)(OC)C(=O)O)nn2Cc2ccccc2)c1. The molecule has 0 aliphatic carbocycles. The molecule has 2 aromatic carbocycles. The number of carboxylic acids is 1. The number of nitrogens with zero attached hydrogens (tertiary/aromatic N) is 2.